The van der Waals surface area contributed by atoms with Gasteiger partial charge in [0.1, 0.15) is 5.69 Å². The summed E-state index contributed by atoms with van der Waals surface area (Å²) in [7, 11) is 0. The Morgan fingerprint density at radius 3 is 2.18 bits per heavy atom. The molecule has 0 aliphatic rings. The summed E-state index contributed by atoms with van der Waals surface area (Å²) >= 11 is 0. The first-order chi connectivity index (χ1) is 16.2. The van der Waals surface area contributed by atoms with E-state index >= 15 is 0 Å². The smallest absolute Gasteiger partial charge is 0.374 e. The van der Waals surface area contributed by atoms with Gasteiger partial charge in [-0.15, -0.1) is 0 Å². The average Bonchev–Trinajstić information content (AvgIpc) is 3.55. The molecule has 162 valence electrons. The van der Waals surface area contributed by atoms with E-state index in [1.54, 1.807) is 0 Å². The van der Waals surface area contributed by atoms with Crippen LogP contribution >= 0.6 is 0 Å². The van der Waals surface area contributed by atoms with Gasteiger partial charge in [0.2, 0.25) is 17.5 Å². The van der Waals surface area contributed by atoms with Gasteiger partial charge in [-0.3, -0.25) is 0 Å². The van der Waals surface area contributed by atoms with Gasteiger partial charge in [0.25, 0.3) is 0 Å². The number of rotatable bonds is 7. The second-order valence-electron chi connectivity index (χ2n) is 7.57. The van der Waals surface area contributed by atoms with Crippen LogP contribution in [-0.4, -0.2) is 26.4 Å². The maximum absolute atomic E-state index is 11.0. The molecular formula is C26H19N3O4. The van der Waals surface area contributed by atoms with Crippen LogP contribution in [-0.2, 0) is 6.42 Å². The summed E-state index contributed by atoms with van der Waals surface area (Å²) in [4.78, 5) is 15.7. The molecule has 5 rings (SSSR count). The Kier molecular flexibility index (Phi) is 5.51. The van der Waals surface area contributed by atoms with E-state index in [-0.39, 0.29) is 11.7 Å². The lowest BCUT2D eigenvalue weighted by Crippen LogP contribution is -2.05. The number of aromatic nitrogens is 3. The third kappa shape index (κ3) is 4.43. The van der Waals surface area contributed by atoms with Gasteiger partial charge in [-0.05, 0) is 17.5 Å². The Labute approximate surface area is 189 Å². The first-order valence-electron chi connectivity index (χ1n) is 10.4. The molecule has 1 N–H and O–H groups in total. The van der Waals surface area contributed by atoms with Crippen molar-refractivity contribution < 1.29 is 18.9 Å². The molecule has 0 spiro atoms. The number of hydrogen-bond acceptors (Lipinski definition) is 6. The van der Waals surface area contributed by atoms with Gasteiger partial charge in [0, 0.05) is 17.2 Å². The molecule has 7 nitrogen and oxygen atoms in total. The summed E-state index contributed by atoms with van der Waals surface area (Å²) in [6, 6.07) is 28.9. The van der Waals surface area contributed by atoms with Crippen molar-refractivity contribution in [3.8, 4) is 22.6 Å². The van der Waals surface area contributed by atoms with Gasteiger partial charge in [-0.2, -0.15) is 4.98 Å². The zero-order valence-electron chi connectivity index (χ0n) is 17.5. The molecule has 0 radical (unpaired) electrons. The Morgan fingerprint density at radius 1 is 0.818 bits per heavy atom. The molecular weight excluding hydrogens is 418 g/mol. The molecule has 1 unspecified atom stereocenters. The lowest BCUT2D eigenvalue weighted by atomic mass is 9.91. The molecule has 0 amide bonds. The molecule has 0 aliphatic heterocycles. The van der Waals surface area contributed by atoms with Gasteiger partial charge in [0.05, 0.1) is 5.92 Å². The summed E-state index contributed by atoms with van der Waals surface area (Å²) in [6.45, 7) is 0. The van der Waals surface area contributed by atoms with E-state index in [4.69, 9.17) is 14.2 Å². The summed E-state index contributed by atoms with van der Waals surface area (Å²) in [6.07, 6.45) is 0.653. The summed E-state index contributed by atoms with van der Waals surface area (Å²) < 4.78 is 10.5. The fourth-order valence-corrected chi connectivity index (χ4v) is 3.67. The van der Waals surface area contributed by atoms with Crippen molar-refractivity contribution in [3.63, 3.8) is 0 Å². The first-order valence-corrected chi connectivity index (χ1v) is 10.4. The number of aromatic carboxylic acids is 1. The summed E-state index contributed by atoms with van der Waals surface area (Å²) in [5.41, 5.74) is 4.29. The summed E-state index contributed by atoms with van der Waals surface area (Å²) in [5.74, 6) is -0.351. The third-order valence-corrected chi connectivity index (χ3v) is 5.38. The molecule has 0 saturated carbocycles. The number of nitrogens with zero attached hydrogens (tertiary/aromatic N) is 3. The van der Waals surface area contributed by atoms with Crippen LogP contribution in [0.15, 0.2) is 100 Å². The fraction of sp³-hybridized carbons (Fsp3) is 0.0769. The third-order valence-electron chi connectivity index (χ3n) is 5.38. The minimum absolute atomic E-state index is 0.118. The van der Waals surface area contributed by atoms with Gasteiger partial charge in [0.15, 0.2) is 0 Å². The van der Waals surface area contributed by atoms with Crippen LogP contribution in [0.1, 0.15) is 33.5 Å². The minimum atomic E-state index is -1.15. The van der Waals surface area contributed by atoms with Crippen LogP contribution in [0.2, 0.25) is 0 Å². The van der Waals surface area contributed by atoms with E-state index in [2.05, 4.69) is 15.3 Å². The largest absolute Gasteiger partial charge is 0.475 e. The predicted molar refractivity (Wildman–Crippen MR) is 121 cm³/mol. The second-order valence-corrected chi connectivity index (χ2v) is 7.57. The van der Waals surface area contributed by atoms with E-state index in [0.717, 1.165) is 22.3 Å². The van der Waals surface area contributed by atoms with Gasteiger partial charge >= 0.3 is 5.97 Å². The minimum Gasteiger partial charge on any atom is -0.475 e. The molecule has 0 aliphatic carbocycles. The van der Waals surface area contributed by atoms with Gasteiger partial charge < -0.3 is 14.2 Å². The van der Waals surface area contributed by atoms with E-state index < -0.39 is 5.97 Å². The van der Waals surface area contributed by atoms with Crippen molar-refractivity contribution in [2.24, 2.45) is 0 Å². The molecule has 5 aromatic rings. The number of hydrogen-bond donors (Lipinski definition) is 1. The van der Waals surface area contributed by atoms with Gasteiger partial charge in [-0.1, -0.05) is 95.2 Å². The Hall–Kier alpha value is -4.52. The fourth-order valence-electron chi connectivity index (χ4n) is 3.67. The van der Waals surface area contributed by atoms with Crippen molar-refractivity contribution in [2.75, 3.05) is 0 Å². The Morgan fingerprint density at radius 2 is 1.52 bits per heavy atom. The van der Waals surface area contributed by atoms with Crippen LogP contribution in [0, 0.1) is 0 Å². The van der Waals surface area contributed by atoms with E-state index in [1.807, 2.05) is 84.9 Å². The molecule has 0 saturated heterocycles. The molecule has 33 heavy (non-hydrogen) atoms. The Bertz CT molecular complexity index is 1360. The van der Waals surface area contributed by atoms with Crippen LogP contribution in [0.25, 0.3) is 22.6 Å². The van der Waals surface area contributed by atoms with Crippen molar-refractivity contribution in [1.29, 1.82) is 0 Å². The van der Waals surface area contributed by atoms with Crippen molar-refractivity contribution in [2.45, 2.75) is 12.3 Å². The zero-order chi connectivity index (χ0) is 22.6. The molecule has 2 heterocycles. The molecule has 7 heteroatoms. The highest BCUT2D eigenvalue weighted by atomic mass is 16.5. The maximum atomic E-state index is 11.0. The normalized spacial score (nSPS) is 11.9. The standard InChI is InChI=1S/C26H19N3O4/c30-26(31)23-16-22(28-32-23)19-13-11-17(12-14-19)15-21(18-7-3-1-4-8-18)25-27-24(29-33-25)20-9-5-2-6-10-20/h1-14,16,21H,15H2,(H,30,31). The molecule has 1 atom stereocenters. The highest BCUT2D eigenvalue weighted by Crippen LogP contribution is 2.30. The lowest BCUT2D eigenvalue weighted by molar-refractivity contribution is 0.0652. The van der Waals surface area contributed by atoms with Crippen LogP contribution in [0.4, 0.5) is 0 Å². The van der Waals surface area contributed by atoms with Crippen LogP contribution in [0.5, 0.6) is 0 Å². The first kappa shape index (κ1) is 20.4. The molecule has 0 bridgehead atoms. The number of carboxylic acid groups (broad SMARTS) is 1. The quantitative estimate of drug-likeness (QED) is 0.360. The molecule has 2 aromatic heterocycles. The zero-order valence-corrected chi connectivity index (χ0v) is 17.5. The SMILES string of the molecule is O=C(O)c1cc(-c2ccc(CC(c3ccccc3)c3nc(-c4ccccc4)no3)cc2)no1. The number of carbonyl (C=O) groups is 1. The predicted octanol–water partition coefficient (Wildman–Crippen LogP) is 5.46. The monoisotopic (exact) mass is 437 g/mol. The van der Waals surface area contributed by atoms with E-state index in [1.165, 1.54) is 6.07 Å². The lowest BCUT2D eigenvalue weighted by Gasteiger charge is -2.13. The van der Waals surface area contributed by atoms with Crippen LogP contribution < -0.4 is 0 Å². The number of carboxylic acids is 1. The van der Waals surface area contributed by atoms with Crippen molar-refractivity contribution in [1.82, 2.24) is 15.3 Å². The van der Waals surface area contributed by atoms with Crippen LogP contribution in [0.3, 0.4) is 0 Å². The maximum Gasteiger partial charge on any atom is 0.374 e. The highest BCUT2D eigenvalue weighted by Gasteiger charge is 2.22. The van der Waals surface area contributed by atoms with Crippen molar-refractivity contribution in [3.05, 3.63) is 114 Å². The van der Waals surface area contributed by atoms with E-state index in [0.29, 0.717) is 23.8 Å². The van der Waals surface area contributed by atoms with Crippen molar-refractivity contribution >= 4 is 5.97 Å². The van der Waals surface area contributed by atoms with Gasteiger partial charge in [-0.25, -0.2) is 4.79 Å². The second kappa shape index (κ2) is 8.92. The van der Waals surface area contributed by atoms with E-state index in [9.17, 15) is 4.79 Å². The molecule has 0 fully saturated rings. The summed E-state index contributed by atoms with van der Waals surface area (Å²) in [5, 5.41) is 17.1. The number of benzene rings is 3. The Balaban J connectivity index is 1.42. The molecule has 3 aromatic carbocycles. The average molecular weight is 437 g/mol. The highest BCUT2D eigenvalue weighted by molar-refractivity contribution is 5.85. The topological polar surface area (TPSA) is 102 Å².